The fraction of sp³-hybridized carbons (Fsp3) is 0.538. The van der Waals surface area contributed by atoms with E-state index in [1.165, 1.54) is 13.1 Å². The molecule has 2 fully saturated rings. The number of benzene rings is 1. The first-order valence-corrected chi connectivity index (χ1v) is 8.21. The number of nitrogens with zero attached hydrogens (tertiary/aromatic N) is 1. The highest BCUT2D eigenvalue weighted by Gasteiger charge is 2.35. The van der Waals surface area contributed by atoms with E-state index in [0.717, 1.165) is 25.9 Å². The van der Waals surface area contributed by atoms with Crippen molar-refractivity contribution >= 4 is 21.4 Å². The number of rotatable bonds is 3. The molecule has 2 saturated heterocycles. The van der Waals surface area contributed by atoms with Gasteiger partial charge < -0.3 is 15.4 Å². The fourth-order valence-corrected chi connectivity index (χ4v) is 3.91. The number of hydrogen-bond acceptors (Lipinski definition) is 5. The molecular weight excluding hydrogens is 278 g/mol. The minimum Gasteiger partial charge on any atom is -0.399 e. The van der Waals surface area contributed by atoms with Gasteiger partial charge in [-0.05, 0) is 38.1 Å². The van der Waals surface area contributed by atoms with Crippen molar-refractivity contribution in [3.8, 4) is 0 Å². The number of fused-ring (bicyclic) bond motifs is 2. The lowest BCUT2D eigenvalue weighted by atomic mass is 10.2. The fourth-order valence-electron chi connectivity index (χ4n) is 2.93. The zero-order chi connectivity index (χ0) is 14.3. The van der Waals surface area contributed by atoms with Crippen LogP contribution in [-0.2, 0) is 14.8 Å². The van der Waals surface area contributed by atoms with E-state index in [9.17, 15) is 8.42 Å². The van der Waals surface area contributed by atoms with Gasteiger partial charge in [0, 0.05) is 18.8 Å². The largest absolute Gasteiger partial charge is 0.399 e. The number of nitrogen functional groups attached to an aromatic ring is 1. The second kappa shape index (κ2) is 4.91. The van der Waals surface area contributed by atoms with Crippen molar-refractivity contribution in [3.63, 3.8) is 0 Å². The molecule has 2 unspecified atom stereocenters. The first-order chi connectivity index (χ1) is 9.49. The van der Waals surface area contributed by atoms with Gasteiger partial charge in [0.2, 0.25) is 10.0 Å². The molecule has 2 aliphatic rings. The van der Waals surface area contributed by atoms with Crippen LogP contribution >= 0.6 is 0 Å². The summed E-state index contributed by atoms with van der Waals surface area (Å²) >= 11 is 0. The number of anilines is 2. The van der Waals surface area contributed by atoms with Gasteiger partial charge in [-0.2, -0.15) is 0 Å². The van der Waals surface area contributed by atoms with Crippen LogP contribution in [0.1, 0.15) is 12.8 Å². The van der Waals surface area contributed by atoms with Crippen LogP contribution in [-0.4, -0.2) is 40.8 Å². The van der Waals surface area contributed by atoms with Gasteiger partial charge >= 0.3 is 0 Å². The summed E-state index contributed by atoms with van der Waals surface area (Å²) in [5.74, 6) is 0. The number of ether oxygens (including phenoxy) is 1. The van der Waals surface area contributed by atoms with Crippen molar-refractivity contribution in [2.24, 2.45) is 0 Å². The highest BCUT2D eigenvalue weighted by atomic mass is 32.2. The molecule has 1 aromatic carbocycles. The predicted molar refractivity (Wildman–Crippen MR) is 77.2 cm³/mol. The van der Waals surface area contributed by atoms with Crippen molar-refractivity contribution in [2.45, 2.75) is 29.9 Å². The summed E-state index contributed by atoms with van der Waals surface area (Å²) in [6.07, 6.45) is 2.50. The third kappa shape index (κ3) is 2.36. The Hall–Kier alpha value is -1.31. The first-order valence-electron chi connectivity index (χ1n) is 6.73. The summed E-state index contributed by atoms with van der Waals surface area (Å²) in [6, 6.07) is 5.03. The van der Waals surface area contributed by atoms with Gasteiger partial charge in [0.1, 0.15) is 4.90 Å². The van der Waals surface area contributed by atoms with Crippen molar-refractivity contribution in [3.05, 3.63) is 18.2 Å². The summed E-state index contributed by atoms with van der Waals surface area (Å²) in [6.45, 7) is 1.46. The normalized spacial score (nSPS) is 25.9. The molecule has 0 aliphatic carbocycles. The van der Waals surface area contributed by atoms with Crippen LogP contribution < -0.4 is 15.4 Å². The van der Waals surface area contributed by atoms with Crippen LogP contribution in [0.25, 0.3) is 0 Å². The van der Waals surface area contributed by atoms with Crippen molar-refractivity contribution in [1.29, 1.82) is 0 Å². The van der Waals surface area contributed by atoms with Crippen molar-refractivity contribution in [1.82, 2.24) is 4.72 Å². The molecule has 2 heterocycles. The van der Waals surface area contributed by atoms with Gasteiger partial charge in [0.15, 0.2) is 0 Å². The Morgan fingerprint density at radius 1 is 1.30 bits per heavy atom. The van der Waals surface area contributed by atoms with E-state index in [4.69, 9.17) is 10.5 Å². The van der Waals surface area contributed by atoms with Crippen LogP contribution in [0.2, 0.25) is 0 Å². The molecule has 6 nitrogen and oxygen atoms in total. The monoisotopic (exact) mass is 297 g/mol. The van der Waals surface area contributed by atoms with Crippen molar-refractivity contribution in [2.75, 3.05) is 30.8 Å². The molecule has 2 atom stereocenters. The average molecular weight is 297 g/mol. The predicted octanol–water partition coefficient (Wildman–Crippen LogP) is 0.544. The average Bonchev–Trinajstić information content (AvgIpc) is 2.77. The quantitative estimate of drug-likeness (QED) is 0.796. The SMILES string of the molecule is CNS(=O)(=O)c1cc(N)ccc1N1CC2CCC(C1)O2. The maximum absolute atomic E-state index is 12.2. The van der Waals surface area contributed by atoms with Crippen LogP contribution in [0.5, 0.6) is 0 Å². The van der Waals surface area contributed by atoms with Gasteiger partial charge in [-0.1, -0.05) is 0 Å². The number of morpholine rings is 1. The van der Waals surface area contributed by atoms with E-state index in [1.807, 2.05) is 0 Å². The lowest BCUT2D eigenvalue weighted by Gasteiger charge is -2.34. The Kier molecular flexibility index (Phi) is 3.35. The van der Waals surface area contributed by atoms with Gasteiger partial charge in [-0.15, -0.1) is 0 Å². The molecule has 20 heavy (non-hydrogen) atoms. The van der Waals surface area contributed by atoms with E-state index >= 15 is 0 Å². The third-order valence-electron chi connectivity index (χ3n) is 3.93. The van der Waals surface area contributed by atoms with Crippen LogP contribution in [0.3, 0.4) is 0 Å². The Morgan fingerprint density at radius 3 is 2.55 bits per heavy atom. The summed E-state index contributed by atoms with van der Waals surface area (Å²) in [5.41, 5.74) is 6.89. The van der Waals surface area contributed by atoms with Gasteiger partial charge in [0.05, 0.1) is 17.9 Å². The van der Waals surface area contributed by atoms with E-state index in [1.54, 1.807) is 12.1 Å². The van der Waals surface area contributed by atoms with Gasteiger partial charge in [0.25, 0.3) is 0 Å². The standard InChI is InChI=1S/C13H19N3O3S/c1-15-20(17,18)13-6-9(14)2-5-12(13)16-7-10-3-4-11(8-16)19-10/h2,5-6,10-11,15H,3-4,7-8,14H2,1H3. The van der Waals surface area contributed by atoms with E-state index in [2.05, 4.69) is 9.62 Å². The molecular formula is C13H19N3O3S. The Labute approximate surface area is 118 Å². The molecule has 0 saturated carbocycles. The van der Waals surface area contributed by atoms with E-state index < -0.39 is 10.0 Å². The highest BCUT2D eigenvalue weighted by Crippen LogP contribution is 2.33. The molecule has 2 bridgehead atoms. The highest BCUT2D eigenvalue weighted by molar-refractivity contribution is 7.89. The van der Waals surface area contributed by atoms with Crippen LogP contribution in [0.15, 0.2) is 23.1 Å². The summed E-state index contributed by atoms with van der Waals surface area (Å²) in [7, 11) is -2.12. The van der Waals surface area contributed by atoms with Crippen molar-refractivity contribution < 1.29 is 13.2 Å². The minimum atomic E-state index is -3.53. The third-order valence-corrected chi connectivity index (χ3v) is 5.37. The molecule has 3 rings (SSSR count). The molecule has 0 aromatic heterocycles. The van der Waals surface area contributed by atoms with E-state index in [0.29, 0.717) is 11.4 Å². The molecule has 0 spiro atoms. The summed E-state index contributed by atoms with van der Waals surface area (Å²) < 4.78 is 32.5. The van der Waals surface area contributed by atoms with Gasteiger partial charge in [-0.25, -0.2) is 13.1 Å². The number of sulfonamides is 1. The second-order valence-electron chi connectivity index (χ2n) is 5.30. The lowest BCUT2D eigenvalue weighted by Crippen LogP contribution is -2.43. The Balaban J connectivity index is 2.01. The molecule has 110 valence electrons. The molecule has 0 amide bonds. The first kappa shape index (κ1) is 13.7. The lowest BCUT2D eigenvalue weighted by molar-refractivity contribution is 0.0303. The minimum absolute atomic E-state index is 0.205. The van der Waals surface area contributed by atoms with Crippen LogP contribution in [0, 0.1) is 0 Å². The molecule has 7 heteroatoms. The topological polar surface area (TPSA) is 84.7 Å². The second-order valence-corrected chi connectivity index (χ2v) is 7.15. The Bertz CT molecular complexity index is 605. The molecule has 2 aliphatic heterocycles. The Morgan fingerprint density at radius 2 is 1.95 bits per heavy atom. The van der Waals surface area contributed by atoms with Gasteiger partial charge in [-0.3, -0.25) is 0 Å². The molecule has 1 aromatic rings. The number of nitrogens with two attached hydrogens (primary N) is 1. The zero-order valence-corrected chi connectivity index (χ0v) is 12.2. The molecule has 0 radical (unpaired) electrons. The molecule has 3 N–H and O–H groups in total. The maximum atomic E-state index is 12.2. The smallest absolute Gasteiger partial charge is 0.242 e. The summed E-state index contributed by atoms with van der Waals surface area (Å²) in [5, 5.41) is 0. The van der Waals surface area contributed by atoms with E-state index in [-0.39, 0.29) is 17.1 Å². The zero-order valence-electron chi connectivity index (χ0n) is 11.4. The number of nitrogens with one attached hydrogen (secondary N) is 1. The number of hydrogen-bond donors (Lipinski definition) is 2. The van der Waals surface area contributed by atoms with Crippen LogP contribution in [0.4, 0.5) is 11.4 Å². The summed E-state index contributed by atoms with van der Waals surface area (Å²) in [4.78, 5) is 2.33. The maximum Gasteiger partial charge on any atom is 0.242 e.